The van der Waals surface area contributed by atoms with E-state index >= 15 is 0 Å². The molecule has 0 aliphatic heterocycles. The lowest BCUT2D eigenvalue weighted by molar-refractivity contribution is -0.116. The van der Waals surface area contributed by atoms with Crippen LogP contribution in [0.2, 0.25) is 0 Å². The van der Waals surface area contributed by atoms with Gasteiger partial charge in [-0.15, -0.1) is 0 Å². The average Bonchev–Trinajstić information content (AvgIpc) is 3.21. The fraction of sp³-hybridized carbons (Fsp3) is 0.172. The minimum atomic E-state index is -0.0223. The number of H-pyrrole nitrogens is 1. The Morgan fingerprint density at radius 1 is 1.00 bits per heavy atom. The van der Waals surface area contributed by atoms with Crippen LogP contribution in [0.25, 0.3) is 33.2 Å². The van der Waals surface area contributed by atoms with Gasteiger partial charge in [0.1, 0.15) is 5.75 Å². The summed E-state index contributed by atoms with van der Waals surface area (Å²) in [7, 11) is 1.60. The van der Waals surface area contributed by atoms with Gasteiger partial charge in [0.05, 0.1) is 29.7 Å². The van der Waals surface area contributed by atoms with Crippen molar-refractivity contribution < 1.29 is 9.53 Å². The molecular formula is C29H27N3O2. The number of anilines is 1. The number of aromatic amines is 1. The molecule has 0 bridgehead atoms. The minimum absolute atomic E-state index is 0.0223. The Kier molecular flexibility index (Phi) is 6.00. The van der Waals surface area contributed by atoms with Crippen LogP contribution in [-0.4, -0.2) is 23.0 Å². The first-order chi connectivity index (χ1) is 16.6. The van der Waals surface area contributed by atoms with Gasteiger partial charge in [-0.2, -0.15) is 0 Å². The van der Waals surface area contributed by atoms with E-state index in [-0.39, 0.29) is 5.91 Å². The van der Waals surface area contributed by atoms with Gasteiger partial charge in [0.2, 0.25) is 5.91 Å². The number of carbonyl (C=O) groups is 1. The van der Waals surface area contributed by atoms with Crippen molar-refractivity contribution in [1.82, 2.24) is 9.97 Å². The maximum Gasteiger partial charge on any atom is 0.224 e. The van der Waals surface area contributed by atoms with E-state index in [0.717, 1.165) is 40.6 Å². The highest BCUT2D eigenvalue weighted by Crippen LogP contribution is 2.32. The average molecular weight is 450 g/mol. The zero-order valence-electron chi connectivity index (χ0n) is 19.4. The normalized spacial score (nSPS) is 11.1. The first kappa shape index (κ1) is 21.7. The van der Waals surface area contributed by atoms with E-state index in [4.69, 9.17) is 9.72 Å². The summed E-state index contributed by atoms with van der Waals surface area (Å²) in [5.41, 5.74) is 7.10. The van der Waals surface area contributed by atoms with Gasteiger partial charge in [0, 0.05) is 22.7 Å². The molecule has 2 N–H and O–H groups in total. The molecule has 0 saturated heterocycles. The highest BCUT2D eigenvalue weighted by molar-refractivity contribution is 5.93. The van der Waals surface area contributed by atoms with E-state index in [9.17, 15) is 4.79 Å². The SMILES string of the molecule is COc1ccccc1NC(=O)CCCc1c(-c2ccc3ccccc3n2)[nH]c2ccc(C)cc12. The molecule has 5 rings (SSSR count). The molecule has 34 heavy (non-hydrogen) atoms. The third kappa shape index (κ3) is 4.37. The van der Waals surface area contributed by atoms with Crippen LogP contribution in [0.5, 0.6) is 5.75 Å². The van der Waals surface area contributed by atoms with Gasteiger partial charge in [0.15, 0.2) is 0 Å². The van der Waals surface area contributed by atoms with Crippen molar-refractivity contribution in [3.05, 3.63) is 90.0 Å². The number of nitrogens with zero attached hydrogens (tertiary/aromatic N) is 1. The molecule has 0 radical (unpaired) electrons. The number of pyridine rings is 1. The van der Waals surface area contributed by atoms with Crippen molar-refractivity contribution in [2.45, 2.75) is 26.2 Å². The molecule has 0 spiro atoms. The van der Waals surface area contributed by atoms with Gasteiger partial charge in [0.25, 0.3) is 0 Å². The summed E-state index contributed by atoms with van der Waals surface area (Å²) in [5.74, 6) is 0.638. The summed E-state index contributed by atoms with van der Waals surface area (Å²) in [6.07, 6.45) is 1.91. The van der Waals surface area contributed by atoms with Crippen LogP contribution in [0.1, 0.15) is 24.0 Å². The number of para-hydroxylation sites is 3. The number of benzene rings is 3. The van der Waals surface area contributed by atoms with E-state index in [1.54, 1.807) is 7.11 Å². The van der Waals surface area contributed by atoms with E-state index in [2.05, 4.69) is 53.6 Å². The maximum absolute atomic E-state index is 12.6. The predicted octanol–water partition coefficient (Wildman–Crippen LogP) is 6.66. The Hall–Kier alpha value is -4.12. The second kappa shape index (κ2) is 9.40. The van der Waals surface area contributed by atoms with E-state index in [1.165, 1.54) is 16.5 Å². The van der Waals surface area contributed by atoms with Crippen LogP contribution in [0, 0.1) is 6.92 Å². The molecule has 0 saturated carbocycles. The van der Waals surface area contributed by atoms with Crippen molar-refractivity contribution in [3.8, 4) is 17.1 Å². The van der Waals surface area contributed by atoms with Crippen molar-refractivity contribution in [2.75, 3.05) is 12.4 Å². The van der Waals surface area contributed by atoms with E-state index in [1.807, 2.05) is 42.5 Å². The Labute approximate surface area is 198 Å². The smallest absolute Gasteiger partial charge is 0.224 e. The van der Waals surface area contributed by atoms with Crippen LogP contribution in [0.4, 0.5) is 5.69 Å². The number of hydrogen-bond acceptors (Lipinski definition) is 3. The van der Waals surface area contributed by atoms with Crippen LogP contribution < -0.4 is 10.1 Å². The zero-order chi connectivity index (χ0) is 23.5. The van der Waals surface area contributed by atoms with Crippen LogP contribution in [-0.2, 0) is 11.2 Å². The number of fused-ring (bicyclic) bond motifs is 2. The highest BCUT2D eigenvalue weighted by Gasteiger charge is 2.16. The lowest BCUT2D eigenvalue weighted by Gasteiger charge is -2.10. The van der Waals surface area contributed by atoms with E-state index < -0.39 is 0 Å². The number of nitrogens with one attached hydrogen (secondary N) is 2. The molecule has 2 heterocycles. The molecule has 0 aliphatic carbocycles. The second-order valence-corrected chi connectivity index (χ2v) is 8.52. The van der Waals surface area contributed by atoms with Gasteiger partial charge >= 0.3 is 0 Å². The molecule has 0 aliphatic rings. The van der Waals surface area contributed by atoms with Gasteiger partial charge < -0.3 is 15.0 Å². The molecular weight excluding hydrogens is 422 g/mol. The lowest BCUT2D eigenvalue weighted by atomic mass is 10.0. The standard InChI is InChI=1S/C29H27N3O2/c1-19-14-16-24-22(18-19)21(9-7-13-28(33)31-25-11-5-6-12-27(25)34-2)29(32-24)26-17-15-20-8-3-4-10-23(20)30-26/h3-6,8,10-12,14-18,32H,7,9,13H2,1-2H3,(H,31,33). The molecule has 0 unspecified atom stereocenters. The summed E-state index contributed by atoms with van der Waals surface area (Å²) in [6, 6.07) is 26.2. The maximum atomic E-state index is 12.6. The van der Waals surface area contributed by atoms with Crippen molar-refractivity contribution in [1.29, 1.82) is 0 Å². The number of carbonyl (C=O) groups excluding carboxylic acids is 1. The number of ether oxygens (including phenoxy) is 1. The van der Waals surface area contributed by atoms with Crippen molar-refractivity contribution >= 4 is 33.4 Å². The summed E-state index contributed by atoms with van der Waals surface area (Å²) < 4.78 is 5.34. The first-order valence-corrected chi connectivity index (χ1v) is 11.5. The number of aromatic nitrogens is 2. The van der Waals surface area contributed by atoms with Gasteiger partial charge in [-0.1, -0.05) is 48.0 Å². The van der Waals surface area contributed by atoms with Crippen molar-refractivity contribution in [2.24, 2.45) is 0 Å². The summed E-state index contributed by atoms with van der Waals surface area (Å²) in [4.78, 5) is 21.1. The molecule has 1 amide bonds. The molecule has 2 aromatic heterocycles. The van der Waals surface area contributed by atoms with Crippen LogP contribution in [0.3, 0.4) is 0 Å². The zero-order valence-corrected chi connectivity index (χ0v) is 19.4. The largest absolute Gasteiger partial charge is 0.495 e. The molecule has 5 heteroatoms. The number of methoxy groups -OCH3 is 1. The third-order valence-electron chi connectivity index (χ3n) is 6.13. The topological polar surface area (TPSA) is 67.0 Å². The first-order valence-electron chi connectivity index (χ1n) is 11.5. The second-order valence-electron chi connectivity index (χ2n) is 8.52. The minimum Gasteiger partial charge on any atom is -0.495 e. The van der Waals surface area contributed by atoms with Crippen LogP contribution in [0.15, 0.2) is 78.9 Å². The molecule has 0 fully saturated rings. The lowest BCUT2D eigenvalue weighted by Crippen LogP contribution is -2.12. The molecule has 0 atom stereocenters. The quantitative estimate of drug-likeness (QED) is 0.292. The Balaban J connectivity index is 1.40. The molecule has 3 aromatic carbocycles. The number of aryl methyl sites for hydroxylation is 2. The van der Waals surface area contributed by atoms with E-state index in [0.29, 0.717) is 17.9 Å². The Morgan fingerprint density at radius 3 is 2.71 bits per heavy atom. The summed E-state index contributed by atoms with van der Waals surface area (Å²) >= 11 is 0. The van der Waals surface area contributed by atoms with Crippen molar-refractivity contribution in [3.63, 3.8) is 0 Å². The Morgan fingerprint density at radius 2 is 1.82 bits per heavy atom. The highest BCUT2D eigenvalue weighted by atomic mass is 16.5. The van der Waals surface area contributed by atoms with Gasteiger partial charge in [-0.05, 0) is 61.7 Å². The van der Waals surface area contributed by atoms with Gasteiger partial charge in [-0.25, -0.2) is 4.98 Å². The van der Waals surface area contributed by atoms with Crippen LogP contribution >= 0.6 is 0 Å². The predicted molar refractivity (Wildman–Crippen MR) is 138 cm³/mol. The number of rotatable bonds is 7. The summed E-state index contributed by atoms with van der Waals surface area (Å²) in [5, 5.41) is 5.28. The van der Waals surface area contributed by atoms with Gasteiger partial charge in [-0.3, -0.25) is 4.79 Å². The number of hydrogen-bond donors (Lipinski definition) is 2. The molecule has 170 valence electrons. The fourth-order valence-electron chi connectivity index (χ4n) is 4.43. The molecule has 5 aromatic rings. The monoisotopic (exact) mass is 449 g/mol. The fourth-order valence-corrected chi connectivity index (χ4v) is 4.43. The molecule has 5 nitrogen and oxygen atoms in total. The number of amides is 1. The third-order valence-corrected chi connectivity index (χ3v) is 6.13. The Bertz CT molecular complexity index is 1490. The summed E-state index contributed by atoms with van der Waals surface area (Å²) in [6.45, 7) is 2.10.